The zero-order chi connectivity index (χ0) is 36.2. The molecule has 2 N–H and O–H groups in total. The molecule has 2 atom stereocenters. The zero-order valence-electron chi connectivity index (χ0n) is 28.0. The van der Waals surface area contributed by atoms with Gasteiger partial charge >= 0.3 is 12.1 Å². The molecule has 5 rings (SSSR count). The largest absolute Gasteiger partial charge is 0.445 e. The number of rotatable bonds is 14. The van der Waals surface area contributed by atoms with E-state index in [1.807, 2.05) is 36.4 Å². The fraction of sp³-hybridized carbons (Fsp3) is 0.351. The molecule has 3 aromatic rings. The molecule has 2 saturated heterocycles. The van der Waals surface area contributed by atoms with E-state index in [1.165, 1.54) is 22.0 Å². The third-order valence-corrected chi connectivity index (χ3v) is 9.74. The summed E-state index contributed by atoms with van der Waals surface area (Å²) in [6.07, 6.45) is 0.961. The molecule has 51 heavy (non-hydrogen) atoms. The maximum atomic E-state index is 14.3. The van der Waals surface area contributed by atoms with Gasteiger partial charge in [0.15, 0.2) is 0 Å². The van der Waals surface area contributed by atoms with Crippen LogP contribution in [0.1, 0.15) is 41.9 Å². The minimum Gasteiger partial charge on any atom is -0.445 e. The van der Waals surface area contributed by atoms with Crippen molar-refractivity contribution in [3.8, 4) is 0 Å². The highest BCUT2D eigenvalue weighted by Gasteiger charge is 2.51. The van der Waals surface area contributed by atoms with E-state index in [-0.39, 0.29) is 69.1 Å². The summed E-state index contributed by atoms with van der Waals surface area (Å²) in [6, 6.07) is 24.6. The Morgan fingerprint density at radius 2 is 1.63 bits per heavy atom. The number of hydrogen-bond donors (Lipinski definition) is 2. The lowest BCUT2D eigenvalue weighted by Crippen LogP contribution is -2.76. The van der Waals surface area contributed by atoms with Crippen LogP contribution in [0.4, 0.5) is 18.4 Å². The van der Waals surface area contributed by atoms with Crippen molar-refractivity contribution < 1.29 is 32.7 Å². The summed E-state index contributed by atoms with van der Waals surface area (Å²) in [6.45, 7) is 0.424. The van der Waals surface area contributed by atoms with Crippen LogP contribution < -0.4 is 10.6 Å². The molecule has 0 unspecified atom stereocenters. The molecule has 2 aliphatic heterocycles. The number of ether oxygens (including phenoxy) is 1. The van der Waals surface area contributed by atoms with Gasteiger partial charge in [-0.25, -0.2) is 23.4 Å². The quantitative estimate of drug-likeness (QED) is 0.0958. The highest BCUT2D eigenvalue weighted by atomic mass is 127. The maximum absolute atomic E-state index is 14.3. The molecule has 3 aromatic carbocycles. The van der Waals surface area contributed by atoms with E-state index in [1.54, 1.807) is 22.0 Å². The highest BCUT2D eigenvalue weighted by Crippen LogP contribution is 2.32. The standard InChI is InChI=1S/C37H41F2IN6O5/c38-19-8-22-51-37(50)41-20-7-13-32-35(48)43(21-18-31(28-9-3-1-4-10-28)29-11-5-2-6-12-29)24-33-45(32)34(47)25-44(26-40)46(33)36(49)42-23-27-14-16-30(39)17-15-27/h1-6,8-12,14-17,19,31-33H,7,13,18,20-26H2,(H,41,50)(H,42,49)/b19-8+/t32-,33-/m0/s1. The molecule has 11 nitrogen and oxygen atoms in total. The second-order valence-corrected chi connectivity index (χ2v) is 12.9. The third-order valence-electron chi connectivity index (χ3n) is 8.95. The Hall–Kier alpha value is -4.57. The Kier molecular flexibility index (Phi) is 13.7. The predicted octanol–water partition coefficient (Wildman–Crippen LogP) is 5.54. The van der Waals surface area contributed by atoms with Gasteiger partial charge in [-0.1, -0.05) is 95.4 Å². The van der Waals surface area contributed by atoms with Crippen LogP contribution in [0.2, 0.25) is 0 Å². The number of amides is 5. The number of urea groups is 1. The molecule has 0 aromatic heterocycles. The molecule has 2 heterocycles. The van der Waals surface area contributed by atoms with Gasteiger partial charge in [0.2, 0.25) is 11.8 Å². The topological polar surface area (TPSA) is 115 Å². The summed E-state index contributed by atoms with van der Waals surface area (Å²) < 4.78 is 30.9. The minimum absolute atomic E-state index is 0.00641. The Morgan fingerprint density at radius 3 is 2.25 bits per heavy atom. The molecular formula is C37H41F2IN6O5. The molecule has 270 valence electrons. The SMILES string of the molecule is O=C(NCCC[C@H]1C(=O)N(CCC(c2ccccc2)c2ccccc2)C[C@H]2N1C(=O)CN(CI)N2C(=O)NCc1ccc(F)cc1)OC/C=C/F. The van der Waals surface area contributed by atoms with Crippen LogP contribution in [0.15, 0.2) is 97.3 Å². The van der Waals surface area contributed by atoms with Gasteiger partial charge in [-0.05, 0) is 54.2 Å². The summed E-state index contributed by atoms with van der Waals surface area (Å²) in [4.78, 5) is 57.2. The van der Waals surface area contributed by atoms with Gasteiger partial charge in [0.05, 0.1) is 24.0 Å². The van der Waals surface area contributed by atoms with Gasteiger partial charge in [-0.2, -0.15) is 5.01 Å². The van der Waals surface area contributed by atoms with Crippen LogP contribution in [0, 0.1) is 5.82 Å². The fourth-order valence-corrected chi connectivity index (χ4v) is 7.09. The van der Waals surface area contributed by atoms with Crippen LogP contribution in [0.5, 0.6) is 0 Å². The number of alkyl carbamates (subject to hydrolysis) is 1. The van der Waals surface area contributed by atoms with Crippen LogP contribution in [-0.2, 0) is 20.9 Å². The van der Waals surface area contributed by atoms with Crippen LogP contribution in [0.3, 0.4) is 0 Å². The zero-order valence-corrected chi connectivity index (χ0v) is 30.2. The summed E-state index contributed by atoms with van der Waals surface area (Å²) in [5, 5.41) is 8.68. The number of nitrogens with one attached hydrogen (secondary N) is 2. The van der Waals surface area contributed by atoms with Crippen molar-refractivity contribution in [3.63, 3.8) is 0 Å². The maximum Gasteiger partial charge on any atom is 0.407 e. The number of carbonyl (C=O) groups is 4. The van der Waals surface area contributed by atoms with E-state index in [9.17, 15) is 28.0 Å². The molecule has 14 heteroatoms. The highest BCUT2D eigenvalue weighted by molar-refractivity contribution is 14.1. The van der Waals surface area contributed by atoms with Crippen molar-refractivity contribution in [3.05, 3.63) is 120 Å². The molecule has 2 aliphatic rings. The molecule has 0 aliphatic carbocycles. The van der Waals surface area contributed by atoms with E-state index < -0.39 is 24.3 Å². The van der Waals surface area contributed by atoms with Gasteiger partial charge in [0.1, 0.15) is 24.6 Å². The Balaban J connectivity index is 1.38. The summed E-state index contributed by atoms with van der Waals surface area (Å²) in [7, 11) is 0. The smallest absolute Gasteiger partial charge is 0.407 e. The average molecular weight is 815 g/mol. The van der Waals surface area contributed by atoms with Crippen molar-refractivity contribution in [1.82, 2.24) is 30.5 Å². The predicted molar refractivity (Wildman–Crippen MR) is 195 cm³/mol. The second-order valence-electron chi connectivity index (χ2n) is 12.2. The number of alkyl halides is 1. The van der Waals surface area contributed by atoms with Gasteiger partial charge in [0.25, 0.3) is 0 Å². The minimum atomic E-state index is -0.890. The van der Waals surface area contributed by atoms with Gasteiger partial charge in [0, 0.05) is 25.6 Å². The number of benzene rings is 3. The van der Waals surface area contributed by atoms with E-state index in [2.05, 4.69) is 57.5 Å². The average Bonchev–Trinajstić information content (AvgIpc) is 3.15. The fourth-order valence-electron chi connectivity index (χ4n) is 6.52. The first-order valence-electron chi connectivity index (χ1n) is 16.8. The van der Waals surface area contributed by atoms with Gasteiger partial charge in [-0.15, -0.1) is 0 Å². The van der Waals surface area contributed by atoms with Crippen molar-refractivity contribution in [2.45, 2.75) is 43.9 Å². The number of fused-ring (bicyclic) bond motifs is 1. The van der Waals surface area contributed by atoms with E-state index in [0.29, 0.717) is 29.5 Å². The lowest BCUT2D eigenvalue weighted by atomic mass is 9.88. The van der Waals surface area contributed by atoms with Crippen molar-refractivity contribution >= 4 is 46.5 Å². The number of halogens is 3. The van der Waals surface area contributed by atoms with E-state index in [4.69, 9.17) is 4.74 Å². The first-order chi connectivity index (χ1) is 24.8. The second kappa shape index (κ2) is 18.6. The van der Waals surface area contributed by atoms with Crippen molar-refractivity contribution in [2.75, 3.05) is 37.3 Å². The Labute approximate surface area is 309 Å². The van der Waals surface area contributed by atoms with Crippen molar-refractivity contribution in [2.24, 2.45) is 0 Å². The van der Waals surface area contributed by atoms with E-state index >= 15 is 0 Å². The summed E-state index contributed by atoms with van der Waals surface area (Å²) in [5.41, 5.74) is 2.92. The van der Waals surface area contributed by atoms with E-state index in [0.717, 1.165) is 17.2 Å². The van der Waals surface area contributed by atoms with Crippen LogP contribution >= 0.6 is 22.6 Å². The number of carbonyl (C=O) groups excluding carboxylic acids is 4. The first-order valence-corrected chi connectivity index (χ1v) is 18.3. The van der Waals surface area contributed by atoms with Crippen LogP contribution in [-0.4, -0.2) is 93.3 Å². The first kappa shape index (κ1) is 37.7. The molecule has 0 bridgehead atoms. The molecule has 2 fully saturated rings. The molecular weight excluding hydrogens is 773 g/mol. The molecule has 0 spiro atoms. The molecule has 0 radical (unpaired) electrons. The Bertz CT molecular complexity index is 1610. The summed E-state index contributed by atoms with van der Waals surface area (Å²) in [5.74, 6) is -0.904. The Morgan fingerprint density at radius 1 is 0.961 bits per heavy atom. The number of nitrogens with zero attached hydrogens (tertiary/aromatic N) is 4. The monoisotopic (exact) mass is 814 g/mol. The number of piperazine rings is 1. The lowest BCUT2D eigenvalue weighted by molar-refractivity contribution is -0.188. The number of hydrazine groups is 1. The van der Waals surface area contributed by atoms with Crippen molar-refractivity contribution in [1.29, 1.82) is 0 Å². The molecule has 5 amide bonds. The lowest BCUT2D eigenvalue weighted by Gasteiger charge is -2.55. The normalized spacial score (nSPS) is 17.9. The molecule has 0 saturated carbocycles. The van der Waals surface area contributed by atoms with Gasteiger partial charge < -0.3 is 25.2 Å². The third kappa shape index (κ3) is 9.82. The van der Waals surface area contributed by atoms with Crippen LogP contribution in [0.25, 0.3) is 0 Å². The summed E-state index contributed by atoms with van der Waals surface area (Å²) >= 11 is 2.10. The van der Waals surface area contributed by atoms with Gasteiger partial charge in [-0.3, -0.25) is 9.59 Å². The number of hydrogen-bond acceptors (Lipinski definition) is 6.